The summed E-state index contributed by atoms with van der Waals surface area (Å²) < 4.78 is 5.91. The molecule has 5 nitrogen and oxygen atoms in total. The van der Waals surface area contributed by atoms with Crippen LogP contribution < -0.4 is 15.9 Å². The molecule has 2 unspecified atom stereocenters. The summed E-state index contributed by atoms with van der Waals surface area (Å²) in [4.78, 5) is 9.47. The Morgan fingerprint density at radius 1 is 1.31 bits per heavy atom. The number of thiocarbonyl (C=S) groups is 1. The lowest BCUT2D eigenvalue weighted by Crippen LogP contribution is -2.46. The minimum absolute atomic E-state index is 0.206. The molecule has 3 rings (SSSR count). The molecular formula is C22H30ClN3O2S. The van der Waals surface area contributed by atoms with Crippen LogP contribution in [0.2, 0.25) is 5.02 Å². The van der Waals surface area contributed by atoms with Gasteiger partial charge in [0, 0.05) is 29.1 Å². The van der Waals surface area contributed by atoms with E-state index in [0.717, 1.165) is 24.0 Å². The van der Waals surface area contributed by atoms with E-state index < -0.39 is 0 Å². The van der Waals surface area contributed by atoms with Gasteiger partial charge in [-0.1, -0.05) is 61.1 Å². The van der Waals surface area contributed by atoms with Gasteiger partial charge < -0.3 is 20.7 Å². The topological polar surface area (TPSA) is 67.6 Å². The number of hydrogen-bond acceptors (Lipinski definition) is 5. The number of halogens is 1. The van der Waals surface area contributed by atoms with E-state index in [1.165, 1.54) is 19.5 Å². The summed E-state index contributed by atoms with van der Waals surface area (Å²) in [6.45, 7) is 4.35. The Morgan fingerprint density at radius 2 is 1.97 bits per heavy atom. The Labute approximate surface area is 184 Å². The molecule has 7 heteroatoms. The Kier molecular flexibility index (Phi) is 11.5. The fraction of sp³-hybridized carbons (Fsp3) is 0.364. The molecule has 0 spiro atoms. The van der Waals surface area contributed by atoms with Crippen molar-refractivity contribution < 1.29 is 9.53 Å². The molecule has 0 amide bonds. The number of nitrogens with two attached hydrogens (primary N) is 1. The highest BCUT2D eigenvalue weighted by Crippen LogP contribution is 2.39. The van der Waals surface area contributed by atoms with Gasteiger partial charge in [-0.25, -0.2) is 5.01 Å². The zero-order valence-corrected chi connectivity index (χ0v) is 19.0. The smallest absolute Gasteiger partial charge is 0.124 e. The van der Waals surface area contributed by atoms with Crippen molar-refractivity contribution in [3.63, 3.8) is 0 Å². The predicted molar refractivity (Wildman–Crippen MR) is 124 cm³/mol. The van der Waals surface area contributed by atoms with Crippen LogP contribution in [0.1, 0.15) is 37.4 Å². The van der Waals surface area contributed by atoms with E-state index >= 15 is 0 Å². The molecule has 1 heterocycles. The minimum Gasteiger partial charge on any atom is -0.493 e. The Bertz CT molecular complexity index is 788. The number of hydrazine groups is 1. The van der Waals surface area contributed by atoms with E-state index in [4.69, 9.17) is 33.4 Å². The van der Waals surface area contributed by atoms with Crippen LogP contribution in [0.4, 0.5) is 0 Å². The quantitative estimate of drug-likeness (QED) is 0.421. The zero-order chi connectivity index (χ0) is 21.8. The normalized spacial score (nSPS) is 16.8. The molecule has 2 aromatic rings. The Balaban J connectivity index is 0.000000771. The fourth-order valence-electron chi connectivity index (χ4n) is 3.19. The van der Waals surface area contributed by atoms with Gasteiger partial charge in [0.05, 0.1) is 12.6 Å². The second-order valence-electron chi connectivity index (χ2n) is 6.26. The third kappa shape index (κ3) is 7.08. The van der Waals surface area contributed by atoms with Crippen molar-refractivity contribution >= 4 is 35.1 Å². The molecule has 0 aliphatic carbocycles. The van der Waals surface area contributed by atoms with Gasteiger partial charge in [-0.2, -0.15) is 0 Å². The SMILES string of the molecule is CC=O.CCC1COc2ccccc2C1N(C)NC(=S)c1cccc(Cl)c1.CN. The van der Waals surface area contributed by atoms with Crippen LogP contribution >= 0.6 is 23.8 Å². The van der Waals surface area contributed by atoms with Crippen molar-refractivity contribution in [2.75, 3.05) is 20.7 Å². The highest BCUT2D eigenvalue weighted by molar-refractivity contribution is 7.80. The van der Waals surface area contributed by atoms with Gasteiger partial charge >= 0.3 is 0 Å². The first kappa shape index (κ1) is 25.0. The largest absolute Gasteiger partial charge is 0.493 e. The standard InChI is InChI=1S/C19H21ClN2OS.C2H4O.CH5N/c1-3-13-12-23-17-10-5-4-9-16(17)18(13)22(2)21-19(24)14-7-6-8-15(20)11-14;1-2-3;1-2/h4-11,13,18H,3,12H2,1-2H3,(H,21,24);2H,1H3;2H2,1H3. The predicted octanol–water partition coefficient (Wildman–Crippen LogP) is 4.39. The van der Waals surface area contributed by atoms with Crippen molar-refractivity contribution in [2.45, 2.75) is 26.3 Å². The van der Waals surface area contributed by atoms with Gasteiger partial charge in [0.2, 0.25) is 0 Å². The van der Waals surface area contributed by atoms with E-state index in [0.29, 0.717) is 22.5 Å². The number of para-hydroxylation sites is 1. The van der Waals surface area contributed by atoms with Crippen LogP contribution in [0.25, 0.3) is 0 Å². The number of aldehydes is 1. The Hall–Kier alpha value is -1.99. The van der Waals surface area contributed by atoms with Crippen LogP contribution in [0.5, 0.6) is 5.75 Å². The van der Waals surface area contributed by atoms with E-state index in [9.17, 15) is 0 Å². The number of carbonyl (C=O) groups is 1. The second kappa shape index (κ2) is 13.3. The third-order valence-corrected chi connectivity index (χ3v) is 5.01. The summed E-state index contributed by atoms with van der Waals surface area (Å²) in [5.74, 6) is 1.36. The first-order valence-electron chi connectivity index (χ1n) is 9.50. The molecule has 0 saturated heterocycles. The van der Waals surface area contributed by atoms with Gasteiger partial charge in [-0.3, -0.25) is 0 Å². The molecule has 1 aliphatic heterocycles. The molecule has 0 radical (unpaired) electrons. The molecule has 0 fully saturated rings. The lowest BCUT2D eigenvalue weighted by atomic mass is 9.88. The summed E-state index contributed by atoms with van der Waals surface area (Å²) in [6, 6.07) is 16.0. The number of nitrogens with one attached hydrogen (secondary N) is 1. The maximum absolute atomic E-state index is 8.81. The van der Waals surface area contributed by atoms with Crippen molar-refractivity contribution in [2.24, 2.45) is 11.7 Å². The average molecular weight is 436 g/mol. The molecule has 3 N–H and O–H groups in total. The number of rotatable bonds is 4. The van der Waals surface area contributed by atoms with Gasteiger partial charge in [-0.15, -0.1) is 0 Å². The molecule has 29 heavy (non-hydrogen) atoms. The fourth-order valence-corrected chi connectivity index (χ4v) is 3.65. The highest BCUT2D eigenvalue weighted by Gasteiger charge is 2.33. The number of hydrogen-bond donors (Lipinski definition) is 2. The van der Waals surface area contributed by atoms with E-state index in [-0.39, 0.29) is 6.04 Å². The van der Waals surface area contributed by atoms with Gasteiger partial charge in [0.25, 0.3) is 0 Å². The summed E-state index contributed by atoms with van der Waals surface area (Å²) in [7, 11) is 3.53. The molecular weight excluding hydrogens is 406 g/mol. The van der Waals surface area contributed by atoms with Crippen LogP contribution in [0, 0.1) is 5.92 Å². The summed E-state index contributed by atoms with van der Waals surface area (Å²) in [5.41, 5.74) is 9.96. The molecule has 1 aliphatic rings. The molecule has 158 valence electrons. The van der Waals surface area contributed by atoms with Crippen LogP contribution in [-0.2, 0) is 4.79 Å². The molecule has 2 atom stereocenters. The average Bonchev–Trinajstić information content (AvgIpc) is 2.74. The van der Waals surface area contributed by atoms with Crippen molar-refractivity contribution in [3.05, 3.63) is 64.7 Å². The molecule has 0 saturated carbocycles. The van der Waals surface area contributed by atoms with Crippen LogP contribution in [0.3, 0.4) is 0 Å². The molecule has 0 bridgehead atoms. The molecule has 0 aromatic heterocycles. The lowest BCUT2D eigenvalue weighted by molar-refractivity contribution is -0.106. The van der Waals surface area contributed by atoms with E-state index in [1.807, 2.05) is 43.4 Å². The summed E-state index contributed by atoms with van der Waals surface area (Å²) >= 11 is 11.6. The van der Waals surface area contributed by atoms with Crippen LogP contribution in [-0.4, -0.2) is 37.0 Å². The number of benzene rings is 2. The maximum atomic E-state index is 8.81. The van der Waals surface area contributed by atoms with Crippen molar-refractivity contribution in [3.8, 4) is 5.75 Å². The van der Waals surface area contributed by atoms with Gasteiger partial charge in [0.1, 0.15) is 17.0 Å². The first-order chi connectivity index (χ1) is 14.0. The monoisotopic (exact) mass is 435 g/mol. The van der Waals surface area contributed by atoms with E-state index in [2.05, 4.69) is 35.2 Å². The third-order valence-electron chi connectivity index (χ3n) is 4.44. The number of carbonyl (C=O) groups excluding carboxylic acids is 1. The summed E-state index contributed by atoms with van der Waals surface area (Å²) in [5, 5.41) is 2.78. The van der Waals surface area contributed by atoms with Gasteiger partial charge in [0.15, 0.2) is 0 Å². The second-order valence-corrected chi connectivity index (χ2v) is 7.10. The van der Waals surface area contributed by atoms with Crippen LogP contribution in [0.15, 0.2) is 48.5 Å². The highest BCUT2D eigenvalue weighted by atomic mass is 35.5. The maximum Gasteiger partial charge on any atom is 0.124 e. The number of nitrogens with zero attached hydrogens (tertiary/aromatic N) is 1. The zero-order valence-electron chi connectivity index (χ0n) is 17.4. The number of fused-ring (bicyclic) bond motifs is 1. The van der Waals surface area contributed by atoms with Gasteiger partial charge in [-0.05, 0) is 38.6 Å². The van der Waals surface area contributed by atoms with Crippen molar-refractivity contribution in [1.29, 1.82) is 0 Å². The lowest BCUT2D eigenvalue weighted by Gasteiger charge is -2.39. The van der Waals surface area contributed by atoms with E-state index in [1.54, 1.807) is 0 Å². The van der Waals surface area contributed by atoms with Crippen molar-refractivity contribution in [1.82, 2.24) is 10.4 Å². The number of ether oxygens (including phenoxy) is 1. The molecule has 2 aromatic carbocycles. The Morgan fingerprint density at radius 3 is 2.59 bits per heavy atom. The minimum atomic E-state index is 0.206. The summed E-state index contributed by atoms with van der Waals surface area (Å²) in [6.07, 6.45) is 1.79. The first-order valence-corrected chi connectivity index (χ1v) is 10.3.